The van der Waals surface area contributed by atoms with Gasteiger partial charge in [-0.2, -0.15) is 0 Å². The molecule has 140 valence electrons. The van der Waals surface area contributed by atoms with Crippen LogP contribution < -0.4 is 4.90 Å². The third-order valence-electron chi connectivity index (χ3n) is 4.49. The highest BCUT2D eigenvalue weighted by atomic mass is 35.5. The first kappa shape index (κ1) is 18.5. The molecule has 0 spiro atoms. The zero-order valence-corrected chi connectivity index (χ0v) is 17.2. The van der Waals surface area contributed by atoms with Crippen molar-refractivity contribution in [1.29, 1.82) is 0 Å². The number of anilines is 1. The molecule has 3 heterocycles. The van der Waals surface area contributed by atoms with Gasteiger partial charge in [0.1, 0.15) is 10.3 Å². The first-order chi connectivity index (χ1) is 13.1. The number of thiazole rings is 1. The molecular formula is C19H19ClN4OS2. The number of rotatable bonds is 4. The lowest BCUT2D eigenvalue weighted by Gasteiger charge is -2.35. The van der Waals surface area contributed by atoms with Crippen LogP contribution in [0.1, 0.15) is 6.92 Å². The third-order valence-corrected chi connectivity index (χ3v) is 6.88. The summed E-state index contributed by atoms with van der Waals surface area (Å²) in [6.07, 6.45) is 1.79. The number of carbonyl (C=O) groups excluding carboxylic acids is 1. The van der Waals surface area contributed by atoms with Crippen molar-refractivity contribution in [2.45, 2.75) is 17.1 Å². The first-order valence-electron chi connectivity index (χ1n) is 8.78. The molecule has 1 unspecified atom stereocenters. The van der Waals surface area contributed by atoms with Crippen LogP contribution in [0.2, 0.25) is 5.02 Å². The van der Waals surface area contributed by atoms with Crippen LogP contribution in [0.25, 0.3) is 10.3 Å². The second kappa shape index (κ2) is 8.04. The summed E-state index contributed by atoms with van der Waals surface area (Å²) in [5, 5.41) is 1.57. The number of piperazine rings is 1. The van der Waals surface area contributed by atoms with Crippen LogP contribution in [0.4, 0.5) is 5.13 Å². The molecule has 0 radical (unpaired) electrons. The van der Waals surface area contributed by atoms with Crippen molar-refractivity contribution in [1.82, 2.24) is 14.9 Å². The predicted molar refractivity (Wildman–Crippen MR) is 113 cm³/mol. The first-order valence-corrected chi connectivity index (χ1v) is 10.8. The molecule has 1 aliphatic heterocycles. The van der Waals surface area contributed by atoms with Crippen LogP contribution >= 0.6 is 34.7 Å². The van der Waals surface area contributed by atoms with Gasteiger partial charge in [-0.25, -0.2) is 9.97 Å². The fourth-order valence-electron chi connectivity index (χ4n) is 3.04. The van der Waals surface area contributed by atoms with E-state index in [0.717, 1.165) is 33.5 Å². The molecule has 27 heavy (non-hydrogen) atoms. The molecule has 0 bridgehead atoms. The number of nitrogens with zero attached hydrogens (tertiary/aromatic N) is 4. The summed E-state index contributed by atoms with van der Waals surface area (Å²) in [5.41, 5.74) is 0.934. The van der Waals surface area contributed by atoms with Crippen LogP contribution in [-0.2, 0) is 4.79 Å². The van der Waals surface area contributed by atoms with Gasteiger partial charge in [0.15, 0.2) is 5.13 Å². The Hall–Kier alpha value is -1.83. The minimum atomic E-state index is -0.121. The smallest absolute Gasteiger partial charge is 0.235 e. The Morgan fingerprint density at radius 1 is 1.19 bits per heavy atom. The van der Waals surface area contributed by atoms with Crippen LogP contribution in [0.3, 0.4) is 0 Å². The number of carbonyl (C=O) groups is 1. The van der Waals surface area contributed by atoms with Gasteiger partial charge in [-0.05, 0) is 43.3 Å². The van der Waals surface area contributed by atoms with Crippen molar-refractivity contribution in [2.75, 3.05) is 31.1 Å². The van der Waals surface area contributed by atoms with E-state index in [0.29, 0.717) is 18.1 Å². The van der Waals surface area contributed by atoms with Crippen molar-refractivity contribution >= 4 is 56.1 Å². The monoisotopic (exact) mass is 418 g/mol. The molecule has 0 saturated carbocycles. The topological polar surface area (TPSA) is 49.3 Å². The molecule has 1 fully saturated rings. The maximum absolute atomic E-state index is 12.8. The van der Waals surface area contributed by atoms with E-state index in [2.05, 4.69) is 14.9 Å². The van der Waals surface area contributed by atoms with Crippen LogP contribution in [0.15, 0.2) is 47.5 Å². The summed E-state index contributed by atoms with van der Waals surface area (Å²) in [4.78, 5) is 28.0. The molecule has 3 aromatic rings. The molecular weight excluding hydrogens is 400 g/mol. The van der Waals surface area contributed by atoms with E-state index >= 15 is 0 Å². The minimum absolute atomic E-state index is 0.121. The SMILES string of the molecule is CC(Sc1ccc(Cl)cc1)C(=O)N1CCN(c2nc3cccnc3s2)CC1. The number of thioether (sulfide) groups is 1. The molecule has 1 amide bonds. The number of aromatic nitrogens is 2. The van der Waals surface area contributed by atoms with Gasteiger partial charge in [0.05, 0.1) is 5.25 Å². The standard InChI is InChI=1S/C19H19ClN4OS2/c1-13(26-15-6-4-14(20)5-7-15)18(25)23-9-11-24(12-10-23)19-22-16-3-2-8-21-17(16)27-19/h2-8,13H,9-12H2,1H3. The number of pyridine rings is 1. The summed E-state index contributed by atoms with van der Waals surface area (Å²) in [6, 6.07) is 11.5. The van der Waals surface area contributed by atoms with Crippen molar-refractivity contribution in [3.63, 3.8) is 0 Å². The van der Waals surface area contributed by atoms with E-state index in [1.54, 1.807) is 29.3 Å². The second-order valence-electron chi connectivity index (χ2n) is 6.35. The number of hydrogen-bond acceptors (Lipinski definition) is 6. The maximum atomic E-state index is 12.8. The van der Waals surface area contributed by atoms with Gasteiger partial charge in [0.25, 0.3) is 0 Å². The van der Waals surface area contributed by atoms with Crippen LogP contribution in [0, 0.1) is 0 Å². The fourth-order valence-corrected chi connectivity index (χ4v) is 5.07. The van der Waals surface area contributed by atoms with Gasteiger partial charge in [0.2, 0.25) is 5.91 Å². The maximum Gasteiger partial charge on any atom is 0.235 e. The van der Waals surface area contributed by atoms with Crippen LogP contribution in [0.5, 0.6) is 0 Å². The molecule has 5 nitrogen and oxygen atoms in total. The molecule has 1 aromatic carbocycles. The largest absolute Gasteiger partial charge is 0.344 e. The normalized spacial score (nSPS) is 15.9. The Bertz CT molecular complexity index is 905. The summed E-state index contributed by atoms with van der Waals surface area (Å²) >= 11 is 9.11. The number of halogens is 1. The molecule has 1 aliphatic rings. The summed E-state index contributed by atoms with van der Waals surface area (Å²) < 4.78 is 0. The molecule has 8 heteroatoms. The molecule has 4 rings (SSSR count). The zero-order chi connectivity index (χ0) is 18.8. The van der Waals surface area contributed by atoms with E-state index in [4.69, 9.17) is 11.6 Å². The van der Waals surface area contributed by atoms with Crippen molar-refractivity contribution < 1.29 is 4.79 Å². The molecule has 0 aliphatic carbocycles. The Kier molecular flexibility index (Phi) is 5.52. The predicted octanol–water partition coefficient (Wildman–Crippen LogP) is 4.17. The molecule has 0 N–H and O–H groups in total. The van der Waals surface area contributed by atoms with E-state index in [9.17, 15) is 4.79 Å². The van der Waals surface area contributed by atoms with Crippen molar-refractivity contribution in [3.8, 4) is 0 Å². The van der Waals surface area contributed by atoms with Gasteiger partial charge in [-0.1, -0.05) is 22.9 Å². The number of benzene rings is 1. The highest BCUT2D eigenvalue weighted by Crippen LogP contribution is 2.29. The highest BCUT2D eigenvalue weighted by molar-refractivity contribution is 8.00. The van der Waals surface area contributed by atoms with Gasteiger partial charge in [-0.15, -0.1) is 11.8 Å². The lowest BCUT2D eigenvalue weighted by atomic mass is 10.3. The van der Waals surface area contributed by atoms with Gasteiger partial charge in [0, 0.05) is 42.3 Å². The number of amides is 1. The lowest BCUT2D eigenvalue weighted by Crippen LogP contribution is -2.50. The number of fused-ring (bicyclic) bond motifs is 1. The highest BCUT2D eigenvalue weighted by Gasteiger charge is 2.26. The Morgan fingerprint density at radius 2 is 1.93 bits per heavy atom. The zero-order valence-electron chi connectivity index (χ0n) is 14.8. The van der Waals surface area contributed by atoms with E-state index in [-0.39, 0.29) is 11.2 Å². The fraction of sp³-hybridized carbons (Fsp3) is 0.316. The number of hydrogen-bond donors (Lipinski definition) is 0. The second-order valence-corrected chi connectivity index (χ2v) is 9.16. The quantitative estimate of drug-likeness (QED) is 0.595. The van der Waals surface area contributed by atoms with E-state index in [1.165, 1.54) is 0 Å². The summed E-state index contributed by atoms with van der Waals surface area (Å²) in [6.45, 7) is 4.99. The van der Waals surface area contributed by atoms with Gasteiger partial charge >= 0.3 is 0 Å². The average molecular weight is 419 g/mol. The van der Waals surface area contributed by atoms with Gasteiger partial charge < -0.3 is 9.80 Å². The van der Waals surface area contributed by atoms with Crippen molar-refractivity contribution in [2.24, 2.45) is 0 Å². The molecule has 1 atom stereocenters. The Morgan fingerprint density at radius 3 is 2.63 bits per heavy atom. The summed E-state index contributed by atoms with van der Waals surface area (Å²) in [5.74, 6) is 0.181. The molecule has 1 saturated heterocycles. The lowest BCUT2D eigenvalue weighted by molar-refractivity contribution is -0.130. The Labute approximate surface area is 171 Å². The minimum Gasteiger partial charge on any atom is -0.344 e. The van der Waals surface area contributed by atoms with Gasteiger partial charge in [-0.3, -0.25) is 4.79 Å². The Balaban J connectivity index is 1.35. The molecule has 2 aromatic heterocycles. The third kappa shape index (κ3) is 4.20. The van der Waals surface area contributed by atoms with E-state index in [1.807, 2.05) is 48.2 Å². The average Bonchev–Trinajstić information content (AvgIpc) is 3.13. The van der Waals surface area contributed by atoms with Crippen LogP contribution in [-0.4, -0.2) is 52.2 Å². The van der Waals surface area contributed by atoms with E-state index < -0.39 is 0 Å². The van der Waals surface area contributed by atoms with Crippen molar-refractivity contribution in [3.05, 3.63) is 47.6 Å². The summed E-state index contributed by atoms with van der Waals surface area (Å²) in [7, 11) is 0.